The van der Waals surface area contributed by atoms with Crippen LogP contribution in [0.1, 0.15) is 19.3 Å². The summed E-state index contributed by atoms with van der Waals surface area (Å²) in [5.74, 6) is 0.766. The van der Waals surface area contributed by atoms with Crippen molar-refractivity contribution in [2.45, 2.75) is 25.3 Å². The second-order valence-corrected chi connectivity index (χ2v) is 5.77. The third-order valence-electron chi connectivity index (χ3n) is 3.92. The van der Waals surface area contributed by atoms with E-state index in [1.807, 2.05) is 30.3 Å². The molecule has 1 aromatic heterocycles. The van der Waals surface area contributed by atoms with E-state index in [0.717, 1.165) is 30.2 Å². The van der Waals surface area contributed by atoms with Crippen LogP contribution in [0, 0.1) is 0 Å². The zero-order chi connectivity index (χ0) is 14.7. The van der Waals surface area contributed by atoms with Crippen LogP contribution in [0.25, 0.3) is 11.3 Å². The van der Waals surface area contributed by atoms with Crippen LogP contribution in [-0.2, 0) is 0 Å². The molecule has 1 aliphatic heterocycles. The van der Waals surface area contributed by atoms with E-state index < -0.39 is 0 Å². The molecule has 0 amide bonds. The molecule has 0 aliphatic carbocycles. The number of nitrogens with zero attached hydrogens (tertiary/aromatic N) is 3. The lowest BCUT2D eigenvalue weighted by atomic mass is 10.0. The second kappa shape index (κ2) is 6.41. The second-order valence-electron chi connectivity index (χ2n) is 5.33. The minimum absolute atomic E-state index is 0.341. The lowest BCUT2D eigenvalue weighted by Crippen LogP contribution is -2.45. The molecule has 0 spiro atoms. The standard InChI is InChI=1S/C16H19ClN4/c17-13-5-3-4-12(10-13)15-7-8-19-16(20-15)21-9-2-1-6-14(21)11-18/h3-5,7-8,10,14H,1-2,6,9,11,18H2. The monoisotopic (exact) mass is 302 g/mol. The molecular formula is C16H19ClN4. The molecule has 0 saturated carbocycles. The molecule has 1 aliphatic rings. The number of halogens is 1. The van der Waals surface area contributed by atoms with E-state index in [2.05, 4.69) is 9.88 Å². The maximum atomic E-state index is 6.06. The quantitative estimate of drug-likeness (QED) is 0.946. The predicted octanol–water partition coefficient (Wildman–Crippen LogP) is 3.11. The molecule has 110 valence electrons. The van der Waals surface area contributed by atoms with Gasteiger partial charge in [0.05, 0.1) is 5.69 Å². The van der Waals surface area contributed by atoms with Crippen LogP contribution in [0.2, 0.25) is 5.02 Å². The van der Waals surface area contributed by atoms with Crippen LogP contribution in [-0.4, -0.2) is 29.1 Å². The van der Waals surface area contributed by atoms with Crippen molar-refractivity contribution in [1.29, 1.82) is 0 Å². The Morgan fingerprint density at radius 1 is 1.29 bits per heavy atom. The van der Waals surface area contributed by atoms with Gasteiger partial charge >= 0.3 is 0 Å². The van der Waals surface area contributed by atoms with Crippen LogP contribution >= 0.6 is 11.6 Å². The Bertz CT molecular complexity index is 617. The fraction of sp³-hybridized carbons (Fsp3) is 0.375. The molecule has 0 radical (unpaired) electrons. The van der Waals surface area contributed by atoms with Crippen molar-refractivity contribution in [2.24, 2.45) is 5.73 Å². The zero-order valence-electron chi connectivity index (χ0n) is 11.9. The normalized spacial score (nSPS) is 18.8. The third kappa shape index (κ3) is 3.17. The van der Waals surface area contributed by atoms with E-state index >= 15 is 0 Å². The summed E-state index contributed by atoms with van der Waals surface area (Å²) in [5, 5.41) is 0.713. The predicted molar refractivity (Wildman–Crippen MR) is 86.5 cm³/mol. The number of benzene rings is 1. The van der Waals surface area contributed by atoms with Gasteiger partial charge in [0.2, 0.25) is 5.95 Å². The Kier molecular flexibility index (Phi) is 4.36. The van der Waals surface area contributed by atoms with Gasteiger partial charge in [0.1, 0.15) is 0 Å². The van der Waals surface area contributed by atoms with Crippen LogP contribution in [0.5, 0.6) is 0 Å². The fourth-order valence-electron chi connectivity index (χ4n) is 2.80. The smallest absolute Gasteiger partial charge is 0.226 e. The number of aromatic nitrogens is 2. The molecule has 1 aromatic carbocycles. The number of hydrogen-bond acceptors (Lipinski definition) is 4. The average Bonchev–Trinajstić information content (AvgIpc) is 2.55. The highest BCUT2D eigenvalue weighted by Gasteiger charge is 2.23. The van der Waals surface area contributed by atoms with Gasteiger partial charge in [0.15, 0.2) is 0 Å². The molecular weight excluding hydrogens is 284 g/mol. The highest BCUT2D eigenvalue weighted by Crippen LogP contribution is 2.25. The molecule has 2 heterocycles. The molecule has 4 nitrogen and oxygen atoms in total. The Hall–Kier alpha value is -1.65. The summed E-state index contributed by atoms with van der Waals surface area (Å²) >= 11 is 6.06. The molecule has 21 heavy (non-hydrogen) atoms. The first-order chi connectivity index (χ1) is 10.3. The molecule has 1 fully saturated rings. The van der Waals surface area contributed by atoms with Crippen molar-refractivity contribution >= 4 is 17.5 Å². The average molecular weight is 303 g/mol. The highest BCUT2D eigenvalue weighted by atomic mass is 35.5. The van der Waals surface area contributed by atoms with E-state index in [1.165, 1.54) is 12.8 Å². The first-order valence-electron chi connectivity index (χ1n) is 7.33. The van der Waals surface area contributed by atoms with Crippen LogP contribution < -0.4 is 10.6 Å². The van der Waals surface area contributed by atoms with Crippen molar-refractivity contribution in [2.75, 3.05) is 18.0 Å². The molecule has 5 heteroatoms. The van der Waals surface area contributed by atoms with Gasteiger partial charge in [-0.05, 0) is 37.5 Å². The first kappa shape index (κ1) is 14.3. The van der Waals surface area contributed by atoms with Gasteiger partial charge in [0, 0.05) is 35.9 Å². The number of anilines is 1. The van der Waals surface area contributed by atoms with Crippen molar-refractivity contribution < 1.29 is 0 Å². The van der Waals surface area contributed by atoms with Crippen LogP contribution in [0.15, 0.2) is 36.5 Å². The van der Waals surface area contributed by atoms with Gasteiger partial charge in [-0.2, -0.15) is 0 Å². The first-order valence-corrected chi connectivity index (χ1v) is 7.71. The molecule has 2 aromatic rings. The Morgan fingerprint density at radius 3 is 3.00 bits per heavy atom. The topological polar surface area (TPSA) is 55.0 Å². The summed E-state index contributed by atoms with van der Waals surface area (Å²) < 4.78 is 0. The third-order valence-corrected chi connectivity index (χ3v) is 4.15. The SMILES string of the molecule is NCC1CCCCN1c1nccc(-c2cccc(Cl)c2)n1. The van der Waals surface area contributed by atoms with Crippen LogP contribution in [0.3, 0.4) is 0 Å². The molecule has 1 saturated heterocycles. The summed E-state index contributed by atoms with van der Waals surface area (Å²) in [6.45, 7) is 1.62. The van der Waals surface area contributed by atoms with Crippen molar-refractivity contribution in [1.82, 2.24) is 9.97 Å². The van der Waals surface area contributed by atoms with Crippen LogP contribution in [0.4, 0.5) is 5.95 Å². The summed E-state index contributed by atoms with van der Waals surface area (Å²) in [6, 6.07) is 9.98. The lowest BCUT2D eigenvalue weighted by molar-refractivity contribution is 0.458. The molecule has 2 N–H and O–H groups in total. The summed E-state index contributed by atoms with van der Waals surface area (Å²) in [7, 11) is 0. The summed E-state index contributed by atoms with van der Waals surface area (Å²) in [5.41, 5.74) is 7.78. The minimum atomic E-state index is 0.341. The van der Waals surface area contributed by atoms with E-state index in [0.29, 0.717) is 17.6 Å². The molecule has 1 unspecified atom stereocenters. The van der Waals surface area contributed by atoms with E-state index in [1.54, 1.807) is 6.20 Å². The van der Waals surface area contributed by atoms with Gasteiger partial charge in [-0.15, -0.1) is 0 Å². The Morgan fingerprint density at radius 2 is 2.19 bits per heavy atom. The van der Waals surface area contributed by atoms with Crippen molar-refractivity contribution in [3.8, 4) is 11.3 Å². The maximum absolute atomic E-state index is 6.06. The van der Waals surface area contributed by atoms with Gasteiger partial charge in [-0.1, -0.05) is 23.7 Å². The zero-order valence-corrected chi connectivity index (χ0v) is 12.6. The highest BCUT2D eigenvalue weighted by molar-refractivity contribution is 6.30. The number of nitrogens with two attached hydrogens (primary N) is 1. The van der Waals surface area contributed by atoms with E-state index in [4.69, 9.17) is 22.3 Å². The minimum Gasteiger partial charge on any atom is -0.337 e. The lowest BCUT2D eigenvalue weighted by Gasteiger charge is -2.35. The molecule has 1 atom stereocenters. The number of hydrogen-bond donors (Lipinski definition) is 1. The van der Waals surface area contributed by atoms with Crippen molar-refractivity contribution in [3.63, 3.8) is 0 Å². The van der Waals surface area contributed by atoms with Gasteiger partial charge in [-0.25, -0.2) is 9.97 Å². The Balaban J connectivity index is 1.92. The largest absolute Gasteiger partial charge is 0.337 e. The Labute approximate surface area is 130 Å². The van der Waals surface area contributed by atoms with Crippen molar-refractivity contribution in [3.05, 3.63) is 41.6 Å². The number of piperidine rings is 1. The summed E-state index contributed by atoms with van der Waals surface area (Å²) in [6.07, 6.45) is 5.32. The van der Waals surface area contributed by atoms with E-state index in [9.17, 15) is 0 Å². The maximum Gasteiger partial charge on any atom is 0.226 e. The van der Waals surface area contributed by atoms with Gasteiger partial charge in [-0.3, -0.25) is 0 Å². The fourth-order valence-corrected chi connectivity index (χ4v) is 2.99. The number of rotatable bonds is 3. The van der Waals surface area contributed by atoms with E-state index in [-0.39, 0.29) is 0 Å². The van der Waals surface area contributed by atoms with Gasteiger partial charge < -0.3 is 10.6 Å². The van der Waals surface area contributed by atoms with Gasteiger partial charge in [0.25, 0.3) is 0 Å². The molecule has 0 bridgehead atoms. The summed E-state index contributed by atoms with van der Waals surface area (Å²) in [4.78, 5) is 11.4. The molecule has 3 rings (SSSR count).